The first kappa shape index (κ1) is 4.62. The summed E-state index contributed by atoms with van der Waals surface area (Å²) in [7, 11) is 4.03. The Balaban J connectivity index is 2.33. The average Bonchev–Trinajstić information content (AvgIpc) is 2.17. The van der Waals surface area contributed by atoms with Gasteiger partial charge in [0.2, 0.25) is 0 Å². The topological polar surface area (TPSA) is 15.6 Å². The van der Waals surface area contributed by atoms with Crippen LogP contribution in [0.5, 0.6) is 0 Å². The summed E-state index contributed by atoms with van der Waals surface area (Å²) >= 11 is 0. The van der Waals surface area contributed by atoms with Gasteiger partial charge in [-0.15, -0.1) is 0 Å². The molecular weight excluding hydrogens is 88.1 g/mol. The Labute approximate surface area is 43.8 Å². The summed E-state index contributed by atoms with van der Waals surface area (Å²) in [5.41, 5.74) is 0. The molecule has 1 aliphatic rings. The van der Waals surface area contributed by atoms with Gasteiger partial charge in [-0.1, -0.05) is 0 Å². The first-order valence-electron chi connectivity index (χ1n) is 2.47. The maximum atomic E-state index is 4.10. The Hall–Kier alpha value is -0.530. The van der Waals surface area contributed by atoms with Gasteiger partial charge in [-0.2, -0.15) is 0 Å². The monoisotopic (exact) mass is 98.1 g/mol. The molecule has 1 unspecified atom stereocenters. The Morgan fingerprint density at radius 3 is 2.00 bits per heavy atom. The second-order valence-corrected chi connectivity index (χ2v) is 2.06. The minimum atomic E-state index is 0.509. The van der Waals surface area contributed by atoms with Crippen LogP contribution in [-0.4, -0.2) is 30.9 Å². The summed E-state index contributed by atoms with van der Waals surface area (Å²) in [6.07, 6.45) is 0. The molecule has 2 heteroatoms. The Morgan fingerprint density at radius 2 is 2.00 bits per heavy atom. The van der Waals surface area contributed by atoms with Gasteiger partial charge >= 0.3 is 0 Å². The quantitative estimate of drug-likeness (QED) is 0.427. The molecule has 1 atom stereocenters. The lowest BCUT2D eigenvalue weighted by Gasteiger charge is -2.01. The van der Waals surface area contributed by atoms with E-state index in [1.807, 2.05) is 19.0 Å². The number of rotatable bonds is 0. The van der Waals surface area contributed by atoms with Crippen LogP contribution in [0.4, 0.5) is 0 Å². The van der Waals surface area contributed by atoms with E-state index in [4.69, 9.17) is 0 Å². The van der Waals surface area contributed by atoms with Crippen molar-refractivity contribution in [2.24, 2.45) is 4.99 Å². The summed E-state index contributed by atoms with van der Waals surface area (Å²) < 4.78 is 0. The highest BCUT2D eigenvalue weighted by atomic mass is 15.2. The molecule has 0 radical (unpaired) electrons. The van der Waals surface area contributed by atoms with E-state index in [1.165, 1.54) is 5.84 Å². The predicted octanol–water partition coefficient (Wildman–Crippen LogP) is 0.349. The van der Waals surface area contributed by atoms with Gasteiger partial charge in [0.25, 0.3) is 0 Å². The highest BCUT2D eigenvalue weighted by Crippen LogP contribution is 2.10. The van der Waals surface area contributed by atoms with E-state index < -0.39 is 0 Å². The smallest absolute Gasteiger partial charge is 0.124 e. The zero-order chi connectivity index (χ0) is 5.44. The van der Waals surface area contributed by atoms with Gasteiger partial charge in [0.1, 0.15) is 11.9 Å². The summed E-state index contributed by atoms with van der Waals surface area (Å²) in [5, 5.41) is 0. The fourth-order valence-electron chi connectivity index (χ4n) is 0.650. The fourth-order valence-corrected chi connectivity index (χ4v) is 0.650. The molecule has 7 heavy (non-hydrogen) atoms. The average molecular weight is 98.1 g/mol. The molecule has 0 aliphatic carbocycles. The Morgan fingerprint density at radius 1 is 1.57 bits per heavy atom. The summed E-state index contributed by atoms with van der Waals surface area (Å²) in [6, 6.07) is 0.509. The molecule has 0 aromatic carbocycles. The third-order valence-electron chi connectivity index (χ3n) is 1.09. The predicted molar refractivity (Wildman–Crippen MR) is 30.6 cm³/mol. The van der Waals surface area contributed by atoms with Crippen LogP contribution >= 0.6 is 0 Å². The van der Waals surface area contributed by atoms with Crippen molar-refractivity contribution >= 4 is 5.84 Å². The lowest BCUT2D eigenvalue weighted by atomic mass is 10.4. The fraction of sp³-hybridized carbons (Fsp3) is 0.800. The van der Waals surface area contributed by atoms with E-state index in [0.717, 1.165) is 0 Å². The number of amidine groups is 1. The molecular formula is C5H10N2. The van der Waals surface area contributed by atoms with Crippen molar-refractivity contribution in [3.05, 3.63) is 0 Å². The van der Waals surface area contributed by atoms with Crippen LogP contribution in [0.2, 0.25) is 0 Å². The Bertz CT molecular complexity index is 105. The molecule has 0 aromatic heterocycles. The van der Waals surface area contributed by atoms with E-state index >= 15 is 0 Å². The minimum absolute atomic E-state index is 0.509. The number of hydrogen-bond donors (Lipinski definition) is 0. The number of aliphatic imine (C=N–C) groups is 1. The zero-order valence-corrected chi connectivity index (χ0v) is 4.97. The summed E-state index contributed by atoms with van der Waals surface area (Å²) in [6.45, 7) is 2.09. The van der Waals surface area contributed by atoms with Crippen LogP contribution < -0.4 is 0 Å². The standard InChI is InChI=1S/C5H10N2/c1-4-5(6-4)7(2)3/h4H,1-3H3. The summed E-state index contributed by atoms with van der Waals surface area (Å²) in [4.78, 5) is 6.14. The molecule has 2 nitrogen and oxygen atoms in total. The van der Waals surface area contributed by atoms with Crippen molar-refractivity contribution < 1.29 is 0 Å². The third-order valence-corrected chi connectivity index (χ3v) is 1.09. The molecule has 0 N–H and O–H groups in total. The van der Waals surface area contributed by atoms with Gasteiger partial charge < -0.3 is 4.90 Å². The van der Waals surface area contributed by atoms with Crippen LogP contribution in [0.1, 0.15) is 6.92 Å². The van der Waals surface area contributed by atoms with Crippen LogP contribution in [0.25, 0.3) is 0 Å². The van der Waals surface area contributed by atoms with Crippen molar-refractivity contribution in [2.75, 3.05) is 14.1 Å². The van der Waals surface area contributed by atoms with Gasteiger partial charge in [-0.25, -0.2) is 0 Å². The van der Waals surface area contributed by atoms with Gasteiger partial charge in [0.05, 0.1) is 0 Å². The van der Waals surface area contributed by atoms with Crippen molar-refractivity contribution in [1.82, 2.24) is 4.90 Å². The molecule has 1 rings (SSSR count). The van der Waals surface area contributed by atoms with E-state index in [2.05, 4.69) is 11.9 Å². The van der Waals surface area contributed by atoms with Crippen LogP contribution in [-0.2, 0) is 0 Å². The second kappa shape index (κ2) is 1.22. The summed E-state index contributed by atoms with van der Waals surface area (Å²) in [5.74, 6) is 1.22. The van der Waals surface area contributed by atoms with Crippen molar-refractivity contribution in [2.45, 2.75) is 13.0 Å². The minimum Gasteiger partial charge on any atom is -0.365 e. The lowest BCUT2D eigenvalue weighted by molar-refractivity contribution is 0.630. The maximum Gasteiger partial charge on any atom is 0.124 e. The molecule has 1 aliphatic heterocycles. The molecule has 1 heterocycles. The highest BCUT2D eigenvalue weighted by molar-refractivity contribution is 5.97. The van der Waals surface area contributed by atoms with Crippen molar-refractivity contribution in [3.63, 3.8) is 0 Å². The first-order chi connectivity index (χ1) is 3.22. The lowest BCUT2D eigenvalue weighted by Crippen LogP contribution is -2.16. The van der Waals surface area contributed by atoms with Crippen molar-refractivity contribution in [1.29, 1.82) is 0 Å². The van der Waals surface area contributed by atoms with E-state index in [0.29, 0.717) is 6.04 Å². The zero-order valence-electron chi connectivity index (χ0n) is 4.97. The van der Waals surface area contributed by atoms with Crippen molar-refractivity contribution in [3.8, 4) is 0 Å². The van der Waals surface area contributed by atoms with Crippen LogP contribution in [0.3, 0.4) is 0 Å². The van der Waals surface area contributed by atoms with E-state index in [1.54, 1.807) is 0 Å². The number of hydrogen-bond acceptors (Lipinski definition) is 2. The molecule has 0 spiro atoms. The van der Waals surface area contributed by atoms with Gasteiger partial charge in [0.15, 0.2) is 0 Å². The van der Waals surface area contributed by atoms with Gasteiger partial charge in [-0.3, -0.25) is 4.99 Å². The molecule has 0 saturated carbocycles. The third kappa shape index (κ3) is 0.734. The highest BCUT2D eigenvalue weighted by Gasteiger charge is 2.22. The van der Waals surface area contributed by atoms with E-state index in [9.17, 15) is 0 Å². The molecule has 0 saturated heterocycles. The van der Waals surface area contributed by atoms with Crippen LogP contribution in [0.15, 0.2) is 4.99 Å². The van der Waals surface area contributed by atoms with Crippen LogP contribution in [0, 0.1) is 0 Å². The largest absolute Gasteiger partial charge is 0.365 e. The second-order valence-electron chi connectivity index (χ2n) is 2.06. The molecule has 40 valence electrons. The van der Waals surface area contributed by atoms with Gasteiger partial charge in [0, 0.05) is 14.1 Å². The molecule has 0 bridgehead atoms. The Kier molecular flexibility index (Phi) is 0.805. The molecule has 0 fully saturated rings. The molecule has 0 aromatic rings. The number of nitrogens with zero attached hydrogens (tertiary/aromatic N) is 2. The van der Waals surface area contributed by atoms with E-state index in [-0.39, 0.29) is 0 Å². The maximum absolute atomic E-state index is 4.10. The SMILES string of the molecule is CC1N=C1N(C)C. The molecule has 0 amide bonds. The number of likely N-dealkylation sites (N-methyl/N-ethyl adjacent to an activating group) is 1. The normalized spacial score (nSPS) is 26.7. The van der Waals surface area contributed by atoms with Gasteiger partial charge in [-0.05, 0) is 6.92 Å². The first-order valence-corrected chi connectivity index (χ1v) is 2.47.